The molecular weight excluding hydrogens is 428 g/mol. The number of rotatable bonds is 8. The summed E-state index contributed by atoms with van der Waals surface area (Å²) in [4.78, 5) is 22.6. The molecule has 0 unspecified atom stereocenters. The van der Waals surface area contributed by atoms with E-state index in [2.05, 4.69) is 14.8 Å². The van der Waals surface area contributed by atoms with Gasteiger partial charge in [-0.05, 0) is 89.1 Å². The van der Waals surface area contributed by atoms with Crippen molar-refractivity contribution < 1.29 is 4.79 Å². The van der Waals surface area contributed by atoms with Gasteiger partial charge in [-0.3, -0.25) is 4.79 Å². The molecule has 0 amide bonds. The highest BCUT2D eigenvalue weighted by atomic mass is 35.5. The van der Waals surface area contributed by atoms with Gasteiger partial charge in [0.25, 0.3) is 0 Å². The third-order valence-corrected chi connectivity index (χ3v) is 7.98. The molecule has 1 aromatic heterocycles. The summed E-state index contributed by atoms with van der Waals surface area (Å²) in [6.45, 7) is 6.24. The minimum atomic E-state index is -0.0184. The van der Waals surface area contributed by atoms with Crippen LogP contribution < -0.4 is 0 Å². The van der Waals surface area contributed by atoms with Gasteiger partial charge in [-0.2, -0.15) is 0 Å². The van der Waals surface area contributed by atoms with Crippen molar-refractivity contribution in [2.24, 2.45) is 7.05 Å². The lowest BCUT2D eigenvalue weighted by atomic mass is 10.00. The van der Waals surface area contributed by atoms with E-state index in [1.165, 1.54) is 58.3 Å². The summed E-state index contributed by atoms with van der Waals surface area (Å²) in [7, 11) is 1.92. The van der Waals surface area contributed by atoms with Crippen molar-refractivity contribution in [2.45, 2.75) is 49.7 Å². The number of hydrogen-bond donors (Lipinski definition) is 0. The number of benzene rings is 1. The van der Waals surface area contributed by atoms with E-state index in [9.17, 15) is 4.79 Å². The van der Waals surface area contributed by atoms with Crippen molar-refractivity contribution in [1.29, 1.82) is 0 Å². The van der Waals surface area contributed by atoms with Crippen molar-refractivity contribution in [3.05, 3.63) is 46.7 Å². The van der Waals surface area contributed by atoms with Crippen LogP contribution in [0.4, 0.5) is 0 Å². The highest BCUT2D eigenvalue weighted by Crippen LogP contribution is 2.23. The molecule has 0 saturated carbocycles. The second-order valence-electron chi connectivity index (χ2n) is 8.69. The van der Waals surface area contributed by atoms with Gasteiger partial charge in [0.15, 0.2) is 5.16 Å². The minimum Gasteiger partial charge on any atom is -0.319 e. The molecule has 0 aliphatic carbocycles. The maximum absolute atomic E-state index is 12.7. The molecular formula is C24H33ClN4OS. The molecule has 2 fully saturated rings. The minimum absolute atomic E-state index is 0.0184. The normalized spacial score (nSPS) is 19.0. The van der Waals surface area contributed by atoms with Gasteiger partial charge in [0, 0.05) is 29.4 Å². The predicted octanol–water partition coefficient (Wildman–Crippen LogP) is 4.74. The predicted molar refractivity (Wildman–Crippen MR) is 128 cm³/mol. The number of halogens is 1. The van der Waals surface area contributed by atoms with Gasteiger partial charge < -0.3 is 14.4 Å². The largest absolute Gasteiger partial charge is 0.319 e. The van der Waals surface area contributed by atoms with Gasteiger partial charge in [-0.25, -0.2) is 4.98 Å². The summed E-state index contributed by atoms with van der Waals surface area (Å²) in [5, 5.41) is 1.54. The average Bonchev–Trinajstić information content (AvgIpc) is 3.18. The number of hydrogen-bond acceptors (Lipinski definition) is 5. The molecule has 0 spiro atoms. The smallest absolute Gasteiger partial charge is 0.211 e. The van der Waals surface area contributed by atoms with E-state index in [4.69, 9.17) is 11.6 Å². The van der Waals surface area contributed by atoms with Crippen LogP contribution in [-0.4, -0.2) is 69.7 Å². The Kier molecular flexibility index (Phi) is 8.10. The zero-order chi connectivity index (χ0) is 21.6. The maximum atomic E-state index is 12.7. The number of thioether (sulfide) groups is 1. The van der Waals surface area contributed by atoms with Crippen LogP contribution in [0.3, 0.4) is 0 Å². The number of carbonyl (C=O) groups excluding carboxylic acids is 1. The summed E-state index contributed by atoms with van der Waals surface area (Å²) < 4.78 is 1.91. The van der Waals surface area contributed by atoms with Gasteiger partial charge >= 0.3 is 0 Å². The number of imidazole rings is 1. The number of nitrogens with zero attached hydrogens (tertiary/aromatic N) is 4. The Morgan fingerprint density at radius 1 is 1.10 bits per heavy atom. The molecule has 0 N–H and O–H groups in total. The van der Waals surface area contributed by atoms with Crippen LogP contribution in [0.2, 0.25) is 5.02 Å². The van der Waals surface area contributed by atoms with Gasteiger partial charge in [-0.1, -0.05) is 29.8 Å². The van der Waals surface area contributed by atoms with Crippen LogP contribution in [0.5, 0.6) is 0 Å². The van der Waals surface area contributed by atoms with Gasteiger partial charge in [0.1, 0.15) is 5.69 Å². The highest BCUT2D eigenvalue weighted by molar-refractivity contribution is 7.99. The fourth-order valence-corrected chi connectivity index (χ4v) is 5.73. The first kappa shape index (κ1) is 22.8. The Hall–Kier alpha value is -1.34. The van der Waals surface area contributed by atoms with Gasteiger partial charge in [0.05, 0.1) is 6.20 Å². The quantitative estimate of drug-likeness (QED) is 0.323. The zero-order valence-electron chi connectivity index (χ0n) is 18.4. The molecule has 1 aromatic carbocycles. The first-order valence-electron chi connectivity index (χ1n) is 11.5. The van der Waals surface area contributed by atoms with Crippen LogP contribution in [-0.2, 0) is 7.05 Å². The van der Waals surface area contributed by atoms with E-state index in [-0.39, 0.29) is 5.78 Å². The second kappa shape index (κ2) is 11.0. The molecule has 4 rings (SSSR count). The fraction of sp³-hybridized carbons (Fsp3) is 0.583. The Balaban J connectivity index is 1.19. The van der Waals surface area contributed by atoms with Crippen LogP contribution in [0.25, 0.3) is 0 Å². The van der Waals surface area contributed by atoms with E-state index < -0.39 is 0 Å². The van der Waals surface area contributed by atoms with E-state index in [0.29, 0.717) is 16.3 Å². The Labute approximate surface area is 195 Å². The standard InChI is InChI=1S/C24H33ClN4OS/c1-27-22(23(30)19-6-8-20(25)9-7-19)18-26-24(27)31-17-5-12-28-15-10-21(11-16-28)29-13-3-2-4-14-29/h6-9,18,21H,2-5,10-17H2,1H3. The first-order chi connectivity index (χ1) is 15.1. The Morgan fingerprint density at radius 2 is 1.81 bits per heavy atom. The average molecular weight is 461 g/mol. The molecule has 31 heavy (non-hydrogen) atoms. The molecule has 168 valence electrons. The molecule has 0 atom stereocenters. The molecule has 2 aromatic rings. The summed E-state index contributed by atoms with van der Waals surface area (Å²) in [5.74, 6) is 1.00. The third kappa shape index (κ3) is 5.92. The van der Waals surface area contributed by atoms with Crippen LogP contribution in [0.1, 0.15) is 54.6 Å². The molecule has 3 heterocycles. The molecule has 0 radical (unpaired) electrons. The second-order valence-corrected chi connectivity index (χ2v) is 10.2. The lowest BCUT2D eigenvalue weighted by Gasteiger charge is -2.40. The van der Waals surface area contributed by atoms with E-state index in [1.54, 1.807) is 42.2 Å². The van der Waals surface area contributed by atoms with E-state index in [1.807, 2.05) is 11.6 Å². The summed E-state index contributed by atoms with van der Waals surface area (Å²) >= 11 is 7.67. The monoisotopic (exact) mass is 460 g/mol. The molecule has 2 aliphatic heterocycles. The highest BCUT2D eigenvalue weighted by Gasteiger charge is 2.25. The van der Waals surface area contributed by atoms with Gasteiger partial charge in [-0.15, -0.1) is 0 Å². The summed E-state index contributed by atoms with van der Waals surface area (Å²) in [6.07, 6.45) is 9.66. The topological polar surface area (TPSA) is 41.4 Å². The van der Waals surface area contributed by atoms with Crippen LogP contribution in [0.15, 0.2) is 35.6 Å². The summed E-state index contributed by atoms with van der Waals surface area (Å²) in [6, 6.07) is 7.83. The number of likely N-dealkylation sites (tertiary alicyclic amines) is 2. The Morgan fingerprint density at radius 3 is 2.52 bits per heavy atom. The number of piperidine rings is 2. The molecule has 2 aliphatic rings. The number of carbonyl (C=O) groups is 1. The fourth-order valence-electron chi connectivity index (χ4n) is 4.73. The maximum Gasteiger partial charge on any atom is 0.211 e. The first-order valence-corrected chi connectivity index (χ1v) is 12.9. The van der Waals surface area contributed by atoms with Crippen molar-refractivity contribution in [3.8, 4) is 0 Å². The van der Waals surface area contributed by atoms with Crippen molar-refractivity contribution in [3.63, 3.8) is 0 Å². The number of ketones is 1. The van der Waals surface area contributed by atoms with Gasteiger partial charge in [0.2, 0.25) is 5.78 Å². The summed E-state index contributed by atoms with van der Waals surface area (Å²) in [5.41, 5.74) is 1.25. The third-order valence-electron chi connectivity index (χ3n) is 6.60. The van der Waals surface area contributed by atoms with E-state index in [0.717, 1.165) is 29.9 Å². The number of aromatic nitrogens is 2. The Bertz CT molecular complexity index is 855. The molecule has 2 saturated heterocycles. The zero-order valence-corrected chi connectivity index (χ0v) is 20.0. The van der Waals surface area contributed by atoms with Crippen molar-refractivity contribution >= 4 is 29.1 Å². The van der Waals surface area contributed by atoms with Crippen molar-refractivity contribution in [2.75, 3.05) is 38.5 Å². The SMILES string of the molecule is Cn1c(C(=O)c2ccc(Cl)cc2)cnc1SCCCN1CCC(N2CCCCC2)CC1. The molecule has 5 nitrogen and oxygen atoms in total. The lowest BCUT2D eigenvalue weighted by molar-refractivity contribution is 0.0928. The van der Waals surface area contributed by atoms with Crippen LogP contribution >= 0.6 is 23.4 Å². The molecule has 0 bridgehead atoms. The van der Waals surface area contributed by atoms with E-state index >= 15 is 0 Å². The molecule has 7 heteroatoms. The lowest BCUT2D eigenvalue weighted by Crippen LogP contribution is -2.46. The van der Waals surface area contributed by atoms with Crippen LogP contribution in [0, 0.1) is 0 Å². The van der Waals surface area contributed by atoms with Crippen molar-refractivity contribution in [1.82, 2.24) is 19.4 Å².